The van der Waals surface area contributed by atoms with Crippen molar-refractivity contribution in [2.45, 2.75) is 6.42 Å². The number of nitrogen functional groups attached to an aromatic ring is 1. The molecule has 2 N–H and O–H groups in total. The fraction of sp³-hybridized carbons (Fsp3) is 0.0833. The molecule has 0 radical (unpaired) electrons. The van der Waals surface area contributed by atoms with Crippen LogP contribution in [-0.2, 0) is 6.42 Å². The van der Waals surface area contributed by atoms with E-state index in [0.717, 1.165) is 0 Å². The molecule has 0 spiro atoms. The smallest absolute Gasteiger partial charge is 0.277 e. The van der Waals surface area contributed by atoms with E-state index in [4.69, 9.17) is 10.3 Å². The van der Waals surface area contributed by atoms with Crippen molar-refractivity contribution in [1.82, 2.24) is 15.1 Å². The first-order valence-electron chi connectivity index (χ1n) is 5.50. The molecule has 7 heteroatoms. The maximum atomic E-state index is 13.5. The maximum absolute atomic E-state index is 13.5. The van der Waals surface area contributed by atoms with E-state index in [1.165, 1.54) is 17.4 Å². The summed E-state index contributed by atoms with van der Waals surface area (Å²) >= 11 is 1.29. The molecule has 0 saturated carbocycles. The second kappa shape index (κ2) is 4.77. The van der Waals surface area contributed by atoms with Gasteiger partial charge in [0.05, 0.1) is 0 Å². The molecule has 96 valence electrons. The first-order valence-corrected chi connectivity index (χ1v) is 6.38. The third-order valence-electron chi connectivity index (χ3n) is 2.52. The van der Waals surface area contributed by atoms with Crippen LogP contribution < -0.4 is 5.73 Å². The Morgan fingerprint density at radius 2 is 2.11 bits per heavy atom. The molecule has 0 fully saturated rings. The largest absolute Gasteiger partial charge is 0.375 e. The summed E-state index contributed by atoms with van der Waals surface area (Å²) in [5.41, 5.74) is 6.59. The third-order valence-corrected chi connectivity index (χ3v) is 3.19. The van der Waals surface area contributed by atoms with Gasteiger partial charge in [0.2, 0.25) is 0 Å². The molecule has 2 aromatic heterocycles. The minimum absolute atomic E-state index is 0.274. The standard InChI is InChI=1S/C12H9FN4OS/c13-8-4-2-1-3-7(8)5-10-16-11(18-17-10)9-6-19-12(14)15-9/h1-4,6H,5H2,(H2,14,15). The van der Waals surface area contributed by atoms with E-state index in [0.29, 0.717) is 28.1 Å². The molecule has 5 nitrogen and oxygen atoms in total. The Hall–Kier alpha value is -2.28. The number of rotatable bonds is 3. The van der Waals surface area contributed by atoms with Gasteiger partial charge in [-0.05, 0) is 11.6 Å². The number of hydrogen-bond acceptors (Lipinski definition) is 6. The van der Waals surface area contributed by atoms with Gasteiger partial charge in [-0.3, -0.25) is 0 Å². The quantitative estimate of drug-likeness (QED) is 0.795. The van der Waals surface area contributed by atoms with Crippen molar-refractivity contribution < 1.29 is 8.91 Å². The lowest BCUT2D eigenvalue weighted by molar-refractivity contribution is 0.422. The van der Waals surface area contributed by atoms with E-state index in [1.807, 2.05) is 0 Å². The number of aromatic nitrogens is 3. The summed E-state index contributed by atoms with van der Waals surface area (Å²) in [4.78, 5) is 8.22. The highest BCUT2D eigenvalue weighted by Gasteiger charge is 2.13. The molecule has 2 heterocycles. The molecule has 3 rings (SSSR count). The Bertz CT molecular complexity index is 709. The van der Waals surface area contributed by atoms with Crippen molar-refractivity contribution in [3.63, 3.8) is 0 Å². The average Bonchev–Trinajstić information content (AvgIpc) is 3.01. The zero-order chi connectivity index (χ0) is 13.2. The number of hydrogen-bond donors (Lipinski definition) is 1. The molecule has 1 aromatic carbocycles. The number of anilines is 1. The van der Waals surface area contributed by atoms with Gasteiger partial charge in [-0.15, -0.1) is 11.3 Å². The van der Waals surface area contributed by atoms with Gasteiger partial charge in [0, 0.05) is 11.8 Å². The molecule has 0 aliphatic rings. The predicted molar refractivity (Wildman–Crippen MR) is 69.0 cm³/mol. The zero-order valence-corrected chi connectivity index (χ0v) is 10.5. The summed E-state index contributed by atoms with van der Waals surface area (Å²) < 4.78 is 18.6. The van der Waals surface area contributed by atoms with Gasteiger partial charge in [0.25, 0.3) is 5.89 Å². The van der Waals surface area contributed by atoms with Crippen molar-refractivity contribution in [2.24, 2.45) is 0 Å². The maximum Gasteiger partial charge on any atom is 0.277 e. The van der Waals surface area contributed by atoms with Gasteiger partial charge in [-0.1, -0.05) is 23.4 Å². The number of benzene rings is 1. The lowest BCUT2D eigenvalue weighted by atomic mass is 10.1. The molecular formula is C12H9FN4OS. The SMILES string of the molecule is Nc1nc(-c2nc(Cc3ccccc3F)no2)cs1. The number of nitrogens with two attached hydrogens (primary N) is 1. The van der Waals surface area contributed by atoms with E-state index in [1.54, 1.807) is 23.6 Å². The Morgan fingerprint density at radius 1 is 1.26 bits per heavy atom. The Labute approximate surface area is 111 Å². The minimum Gasteiger partial charge on any atom is -0.375 e. The number of halogens is 1. The van der Waals surface area contributed by atoms with Crippen molar-refractivity contribution in [1.29, 1.82) is 0 Å². The second-order valence-corrected chi connectivity index (χ2v) is 4.74. The molecule has 0 bridgehead atoms. The van der Waals surface area contributed by atoms with Crippen LogP contribution in [-0.4, -0.2) is 15.1 Å². The molecule has 3 aromatic rings. The summed E-state index contributed by atoms with van der Waals surface area (Å²) in [6.07, 6.45) is 0.274. The summed E-state index contributed by atoms with van der Waals surface area (Å²) in [6, 6.07) is 6.49. The highest BCUT2D eigenvalue weighted by atomic mass is 32.1. The van der Waals surface area contributed by atoms with Crippen LogP contribution in [0.3, 0.4) is 0 Å². The van der Waals surface area contributed by atoms with Crippen molar-refractivity contribution in [3.8, 4) is 11.6 Å². The second-order valence-electron chi connectivity index (χ2n) is 3.85. The molecule has 0 amide bonds. The van der Waals surface area contributed by atoms with Gasteiger partial charge in [0.1, 0.15) is 11.5 Å². The topological polar surface area (TPSA) is 77.8 Å². The van der Waals surface area contributed by atoms with Gasteiger partial charge >= 0.3 is 0 Å². The molecule has 0 aliphatic heterocycles. The molecular weight excluding hydrogens is 267 g/mol. The van der Waals surface area contributed by atoms with E-state index in [9.17, 15) is 4.39 Å². The Balaban J connectivity index is 1.84. The van der Waals surface area contributed by atoms with Crippen molar-refractivity contribution in [3.05, 3.63) is 46.9 Å². The highest BCUT2D eigenvalue weighted by molar-refractivity contribution is 7.13. The molecule has 19 heavy (non-hydrogen) atoms. The van der Waals surface area contributed by atoms with Crippen molar-refractivity contribution >= 4 is 16.5 Å². The van der Waals surface area contributed by atoms with Gasteiger partial charge in [0.15, 0.2) is 11.0 Å². The monoisotopic (exact) mass is 276 g/mol. The van der Waals surface area contributed by atoms with Crippen LogP contribution in [0, 0.1) is 5.82 Å². The zero-order valence-electron chi connectivity index (χ0n) is 9.71. The summed E-state index contributed by atoms with van der Waals surface area (Å²) in [7, 11) is 0. The first kappa shape index (κ1) is 11.8. The van der Waals surface area contributed by atoms with E-state index >= 15 is 0 Å². The summed E-state index contributed by atoms with van der Waals surface area (Å²) in [5.74, 6) is 0.415. The van der Waals surface area contributed by atoms with E-state index < -0.39 is 0 Å². The van der Waals surface area contributed by atoms with Gasteiger partial charge in [-0.2, -0.15) is 4.98 Å². The van der Waals surface area contributed by atoms with Gasteiger partial charge < -0.3 is 10.3 Å². The fourth-order valence-electron chi connectivity index (χ4n) is 1.63. The van der Waals surface area contributed by atoms with Crippen molar-refractivity contribution in [2.75, 3.05) is 5.73 Å². The lowest BCUT2D eigenvalue weighted by Gasteiger charge is -1.97. The summed E-state index contributed by atoms with van der Waals surface area (Å²) in [6.45, 7) is 0. The lowest BCUT2D eigenvalue weighted by Crippen LogP contribution is -1.94. The molecule has 0 unspecified atom stereocenters. The Kier molecular flexibility index (Phi) is 2.96. The van der Waals surface area contributed by atoms with E-state index in [-0.39, 0.29) is 12.2 Å². The first-order chi connectivity index (χ1) is 9.22. The number of thiazole rings is 1. The van der Waals surface area contributed by atoms with Crippen LogP contribution in [0.5, 0.6) is 0 Å². The summed E-state index contributed by atoms with van der Waals surface area (Å²) in [5, 5.41) is 5.98. The fourth-order valence-corrected chi connectivity index (χ4v) is 2.16. The van der Waals surface area contributed by atoms with Crippen LogP contribution in [0.4, 0.5) is 9.52 Å². The molecule has 0 saturated heterocycles. The highest BCUT2D eigenvalue weighted by Crippen LogP contribution is 2.22. The van der Waals surface area contributed by atoms with Crippen LogP contribution in [0.25, 0.3) is 11.6 Å². The van der Waals surface area contributed by atoms with Crippen LogP contribution in [0.1, 0.15) is 11.4 Å². The average molecular weight is 276 g/mol. The van der Waals surface area contributed by atoms with E-state index in [2.05, 4.69) is 15.1 Å². The minimum atomic E-state index is -0.285. The van der Waals surface area contributed by atoms with Crippen LogP contribution >= 0.6 is 11.3 Å². The normalized spacial score (nSPS) is 10.8. The third kappa shape index (κ3) is 2.45. The Morgan fingerprint density at radius 3 is 2.84 bits per heavy atom. The molecule has 0 atom stereocenters. The predicted octanol–water partition coefficient (Wildman–Crippen LogP) is 2.51. The van der Waals surface area contributed by atoms with Gasteiger partial charge in [-0.25, -0.2) is 9.37 Å². The molecule has 0 aliphatic carbocycles. The van der Waals surface area contributed by atoms with Crippen LogP contribution in [0.15, 0.2) is 34.2 Å². The number of nitrogens with zero attached hydrogens (tertiary/aromatic N) is 3. The van der Waals surface area contributed by atoms with Crippen LogP contribution in [0.2, 0.25) is 0 Å².